The Hall–Kier alpha value is -0.840. The van der Waals surface area contributed by atoms with Gasteiger partial charge in [0.15, 0.2) is 0 Å². The summed E-state index contributed by atoms with van der Waals surface area (Å²) in [5, 5.41) is 0. The highest BCUT2D eigenvalue weighted by Crippen LogP contribution is 2.25. The Balaban J connectivity index is 2.67. The normalized spacial score (nSPS) is 16.5. The van der Waals surface area contributed by atoms with E-state index in [4.69, 9.17) is 19.6 Å². The van der Waals surface area contributed by atoms with Crippen molar-refractivity contribution in [2.24, 2.45) is 5.73 Å². The molecule has 2 N–H and O–H groups in total. The number of aryl methyl sites for hydroxylation is 1. The molecule has 0 amide bonds. The molecule has 0 saturated heterocycles. The summed E-state index contributed by atoms with van der Waals surface area (Å²) in [6, 6.07) is 3.80. The quantitative estimate of drug-likeness (QED) is 0.776. The van der Waals surface area contributed by atoms with Crippen molar-refractivity contribution in [2.45, 2.75) is 52.4 Å². The summed E-state index contributed by atoms with van der Waals surface area (Å²) in [5.74, 6) is 1.67. The van der Waals surface area contributed by atoms with Crippen LogP contribution in [0, 0.1) is 6.92 Å². The first-order valence-corrected chi connectivity index (χ1v) is 6.63. The third kappa shape index (κ3) is 4.44. The number of hydrogen-bond acceptors (Lipinski definition) is 4. The maximum atomic E-state index is 6.11. The molecule has 0 radical (unpaired) electrons. The molecular formula is C14H25NO3. The maximum Gasteiger partial charge on any atom is 0.134 e. The molecule has 0 aliphatic carbocycles. The van der Waals surface area contributed by atoms with Crippen molar-refractivity contribution in [1.29, 1.82) is 0 Å². The van der Waals surface area contributed by atoms with E-state index < -0.39 is 0 Å². The largest absolute Gasteiger partial charge is 0.464 e. The van der Waals surface area contributed by atoms with Crippen molar-refractivity contribution in [3.05, 3.63) is 23.7 Å². The Bertz CT molecular complexity index is 338. The van der Waals surface area contributed by atoms with Gasteiger partial charge in [-0.1, -0.05) is 6.92 Å². The number of furan rings is 1. The van der Waals surface area contributed by atoms with Crippen LogP contribution in [0.25, 0.3) is 0 Å². The van der Waals surface area contributed by atoms with Crippen molar-refractivity contribution < 1.29 is 13.9 Å². The minimum Gasteiger partial charge on any atom is -0.464 e. The molecule has 0 spiro atoms. The van der Waals surface area contributed by atoms with Crippen LogP contribution in [-0.4, -0.2) is 25.4 Å². The summed E-state index contributed by atoms with van der Waals surface area (Å²) in [6.07, 6.45) is 0.628. The Morgan fingerprint density at radius 1 is 1.33 bits per heavy atom. The fourth-order valence-corrected chi connectivity index (χ4v) is 1.77. The van der Waals surface area contributed by atoms with Crippen LogP contribution in [-0.2, 0) is 9.47 Å². The SMILES string of the molecule is CCOCC(C)OC(c1ccc(C)o1)C(N)CC. The molecule has 3 atom stereocenters. The van der Waals surface area contributed by atoms with E-state index in [1.54, 1.807) is 0 Å². The van der Waals surface area contributed by atoms with E-state index in [-0.39, 0.29) is 18.2 Å². The van der Waals surface area contributed by atoms with E-state index >= 15 is 0 Å². The van der Waals surface area contributed by atoms with Crippen LogP contribution in [0.2, 0.25) is 0 Å². The predicted octanol–water partition coefficient (Wildman–Crippen LogP) is 2.81. The highest BCUT2D eigenvalue weighted by molar-refractivity contribution is 5.10. The lowest BCUT2D eigenvalue weighted by molar-refractivity contribution is -0.0651. The zero-order valence-corrected chi connectivity index (χ0v) is 11.8. The van der Waals surface area contributed by atoms with Crippen LogP contribution in [0.3, 0.4) is 0 Å². The molecule has 104 valence electrons. The molecule has 1 aromatic rings. The van der Waals surface area contributed by atoms with Crippen LogP contribution < -0.4 is 5.73 Å². The van der Waals surface area contributed by atoms with Gasteiger partial charge in [-0.25, -0.2) is 0 Å². The minimum absolute atomic E-state index is 0.00189. The molecule has 0 aliphatic heterocycles. The van der Waals surface area contributed by atoms with E-state index in [1.807, 2.05) is 39.8 Å². The summed E-state index contributed by atoms with van der Waals surface area (Å²) >= 11 is 0. The second-order valence-corrected chi connectivity index (χ2v) is 4.55. The van der Waals surface area contributed by atoms with Crippen LogP contribution in [0.5, 0.6) is 0 Å². The Morgan fingerprint density at radius 2 is 2.06 bits per heavy atom. The number of ether oxygens (including phenoxy) is 2. The summed E-state index contributed by atoms with van der Waals surface area (Å²) in [7, 11) is 0. The van der Waals surface area contributed by atoms with Gasteiger partial charge in [-0.3, -0.25) is 0 Å². The monoisotopic (exact) mass is 255 g/mol. The van der Waals surface area contributed by atoms with Crippen molar-refractivity contribution in [2.75, 3.05) is 13.2 Å². The first-order valence-electron chi connectivity index (χ1n) is 6.63. The van der Waals surface area contributed by atoms with E-state index in [1.165, 1.54) is 0 Å². The van der Waals surface area contributed by atoms with Crippen molar-refractivity contribution in [3.8, 4) is 0 Å². The van der Waals surface area contributed by atoms with E-state index in [2.05, 4.69) is 0 Å². The lowest BCUT2D eigenvalue weighted by Gasteiger charge is -2.25. The van der Waals surface area contributed by atoms with Gasteiger partial charge in [0, 0.05) is 12.6 Å². The lowest BCUT2D eigenvalue weighted by Crippen LogP contribution is -2.32. The van der Waals surface area contributed by atoms with Gasteiger partial charge in [0.1, 0.15) is 17.6 Å². The molecule has 0 fully saturated rings. The third-order valence-corrected chi connectivity index (χ3v) is 2.84. The molecule has 4 heteroatoms. The zero-order chi connectivity index (χ0) is 13.5. The molecule has 1 heterocycles. The van der Waals surface area contributed by atoms with Gasteiger partial charge in [-0.05, 0) is 39.3 Å². The second-order valence-electron chi connectivity index (χ2n) is 4.55. The molecule has 0 aromatic carbocycles. The first kappa shape index (κ1) is 15.2. The Morgan fingerprint density at radius 3 is 2.56 bits per heavy atom. The van der Waals surface area contributed by atoms with Crippen LogP contribution in [0.15, 0.2) is 16.5 Å². The van der Waals surface area contributed by atoms with Gasteiger partial charge in [0.25, 0.3) is 0 Å². The molecule has 3 unspecified atom stereocenters. The predicted molar refractivity (Wildman–Crippen MR) is 71.5 cm³/mol. The van der Waals surface area contributed by atoms with Crippen molar-refractivity contribution >= 4 is 0 Å². The molecule has 1 rings (SSSR count). The van der Waals surface area contributed by atoms with E-state index in [9.17, 15) is 0 Å². The first-order chi connectivity index (χ1) is 8.58. The van der Waals surface area contributed by atoms with Gasteiger partial charge >= 0.3 is 0 Å². The summed E-state index contributed by atoms with van der Waals surface area (Å²) in [5.41, 5.74) is 6.11. The topological polar surface area (TPSA) is 57.6 Å². The molecular weight excluding hydrogens is 230 g/mol. The molecule has 1 aromatic heterocycles. The summed E-state index contributed by atoms with van der Waals surface area (Å²) < 4.78 is 16.9. The van der Waals surface area contributed by atoms with Crippen molar-refractivity contribution in [3.63, 3.8) is 0 Å². The maximum absolute atomic E-state index is 6.11. The lowest BCUT2D eigenvalue weighted by atomic mass is 10.1. The van der Waals surface area contributed by atoms with E-state index in [0.717, 1.165) is 17.9 Å². The Labute approximate surface area is 109 Å². The minimum atomic E-state index is -0.209. The fourth-order valence-electron chi connectivity index (χ4n) is 1.77. The smallest absolute Gasteiger partial charge is 0.134 e. The molecule has 4 nitrogen and oxygen atoms in total. The standard InChI is InChI=1S/C14H25NO3/c1-5-12(15)14(13-8-7-10(3)17-13)18-11(4)9-16-6-2/h7-8,11-12,14H,5-6,9,15H2,1-4H3. The van der Waals surface area contributed by atoms with Crippen LogP contribution >= 0.6 is 0 Å². The van der Waals surface area contributed by atoms with Gasteiger partial charge in [-0.15, -0.1) is 0 Å². The van der Waals surface area contributed by atoms with E-state index in [0.29, 0.717) is 13.2 Å². The third-order valence-electron chi connectivity index (χ3n) is 2.84. The fraction of sp³-hybridized carbons (Fsp3) is 0.714. The number of rotatable bonds is 8. The number of hydrogen-bond donors (Lipinski definition) is 1. The summed E-state index contributed by atoms with van der Waals surface area (Å²) in [6.45, 7) is 9.19. The highest BCUT2D eigenvalue weighted by Gasteiger charge is 2.24. The average molecular weight is 255 g/mol. The van der Waals surface area contributed by atoms with Crippen LogP contribution in [0.4, 0.5) is 0 Å². The highest BCUT2D eigenvalue weighted by atomic mass is 16.5. The van der Waals surface area contributed by atoms with Crippen molar-refractivity contribution in [1.82, 2.24) is 0 Å². The average Bonchev–Trinajstić information content (AvgIpc) is 2.78. The van der Waals surface area contributed by atoms with Gasteiger partial charge in [0.2, 0.25) is 0 Å². The zero-order valence-electron chi connectivity index (χ0n) is 11.8. The van der Waals surface area contributed by atoms with Gasteiger partial charge in [-0.2, -0.15) is 0 Å². The second kappa shape index (κ2) is 7.56. The molecule has 18 heavy (non-hydrogen) atoms. The summed E-state index contributed by atoms with van der Waals surface area (Å²) in [4.78, 5) is 0. The molecule has 0 saturated carbocycles. The van der Waals surface area contributed by atoms with Crippen LogP contribution in [0.1, 0.15) is 44.8 Å². The van der Waals surface area contributed by atoms with Gasteiger partial charge < -0.3 is 19.6 Å². The number of nitrogens with two attached hydrogens (primary N) is 1. The molecule has 0 bridgehead atoms. The Kier molecular flexibility index (Phi) is 6.39. The van der Waals surface area contributed by atoms with Gasteiger partial charge in [0.05, 0.1) is 12.7 Å². The molecule has 0 aliphatic rings.